The fraction of sp³-hybridized carbons (Fsp3) is 0.609. The molecule has 12 heteroatoms. The van der Waals surface area contributed by atoms with Gasteiger partial charge < -0.3 is 26.2 Å². The maximum atomic E-state index is 13.5. The van der Waals surface area contributed by atoms with Crippen LogP contribution in [0.5, 0.6) is 0 Å². The minimum atomic E-state index is -3.99. The first-order valence-corrected chi connectivity index (χ1v) is 13.2. The molecule has 0 aromatic heterocycles. The number of sulfone groups is 1. The molecule has 1 heterocycles. The van der Waals surface area contributed by atoms with Crippen molar-refractivity contribution >= 4 is 27.4 Å². The molecular formula is C23H34FN3O7S. The van der Waals surface area contributed by atoms with Crippen molar-refractivity contribution in [3.05, 3.63) is 35.6 Å². The number of piperidine rings is 1. The van der Waals surface area contributed by atoms with E-state index in [0.717, 1.165) is 6.07 Å². The van der Waals surface area contributed by atoms with Gasteiger partial charge >= 0.3 is 0 Å². The molecule has 2 unspecified atom stereocenters. The highest BCUT2D eigenvalue weighted by Crippen LogP contribution is 2.24. The minimum Gasteiger partial charge on any atom is -0.396 e. The molecule has 1 aromatic carbocycles. The zero-order valence-corrected chi connectivity index (χ0v) is 20.7. The van der Waals surface area contributed by atoms with Gasteiger partial charge in [0, 0.05) is 18.4 Å². The van der Waals surface area contributed by atoms with Crippen LogP contribution in [0.4, 0.5) is 4.39 Å². The fourth-order valence-corrected chi connectivity index (χ4v) is 5.73. The summed E-state index contributed by atoms with van der Waals surface area (Å²) in [6, 6.07) is 5.18. The Hall–Kier alpha value is -2.41. The molecule has 0 spiro atoms. The van der Waals surface area contributed by atoms with Crippen LogP contribution in [0.2, 0.25) is 0 Å². The molecule has 1 aromatic rings. The predicted octanol–water partition coefficient (Wildman–Crippen LogP) is -0.363. The molecule has 0 saturated carbocycles. The molecular weight excluding hydrogens is 481 g/mol. The van der Waals surface area contributed by atoms with Gasteiger partial charge in [0.05, 0.1) is 12.4 Å². The lowest BCUT2D eigenvalue weighted by Crippen LogP contribution is -2.51. The minimum absolute atomic E-state index is 0.233. The van der Waals surface area contributed by atoms with Gasteiger partial charge in [0.25, 0.3) is 5.91 Å². The van der Waals surface area contributed by atoms with E-state index in [1.165, 1.54) is 32.0 Å². The Morgan fingerprint density at radius 3 is 2.49 bits per heavy atom. The third-order valence-electron chi connectivity index (χ3n) is 6.03. The second-order valence-corrected chi connectivity index (χ2v) is 11.6. The number of nitrogens with one attached hydrogen (secondary N) is 3. The summed E-state index contributed by atoms with van der Waals surface area (Å²) in [6.07, 6.45) is -0.993. The van der Waals surface area contributed by atoms with Crippen LogP contribution in [0.3, 0.4) is 0 Å². The van der Waals surface area contributed by atoms with Crippen LogP contribution in [0.15, 0.2) is 24.3 Å². The van der Waals surface area contributed by atoms with Gasteiger partial charge in [0.1, 0.15) is 17.3 Å². The van der Waals surface area contributed by atoms with Crippen molar-refractivity contribution in [2.24, 2.45) is 11.3 Å². The number of amides is 2. The highest BCUT2D eigenvalue weighted by atomic mass is 32.2. The molecule has 0 radical (unpaired) electrons. The second kappa shape index (κ2) is 12.5. The Morgan fingerprint density at radius 1 is 1.23 bits per heavy atom. The SMILES string of the molecule is CC(C)(CO)C(O)C(=O)NCCC(=O)C(=O)NC(C1CCNCC1)S(=O)(=O)Cc1cccc(F)c1. The summed E-state index contributed by atoms with van der Waals surface area (Å²) in [5.74, 6) is -4.33. The highest BCUT2D eigenvalue weighted by molar-refractivity contribution is 7.91. The van der Waals surface area contributed by atoms with Crippen molar-refractivity contribution in [1.29, 1.82) is 0 Å². The van der Waals surface area contributed by atoms with Crippen LogP contribution in [0, 0.1) is 17.2 Å². The smallest absolute Gasteiger partial charge is 0.288 e. The summed E-state index contributed by atoms with van der Waals surface area (Å²) in [4.78, 5) is 37.0. The molecule has 1 aliphatic rings. The van der Waals surface area contributed by atoms with E-state index in [0.29, 0.717) is 25.9 Å². The number of carbonyl (C=O) groups excluding carboxylic acids is 3. The van der Waals surface area contributed by atoms with Crippen LogP contribution in [-0.4, -0.2) is 73.9 Å². The van der Waals surface area contributed by atoms with E-state index in [4.69, 9.17) is 0 Å². The molecule has 1 saturated heterocycles. The molecule has 196 valence electrons. The van der Waals surface area contributed by atoms with Gasteiger partial charge in [0.15, 0.2) is 9.84 Å². The third kappa shape index (κ3) is 8.34. The van der Waals surface area contributed by atoms with Crippen LogP contribution in [0.1, 0.15) is 38.7 Å². The number of ketones is 1. The van der Waals surface area contributed by atoms with Gasteiger partial charge in [-0.15, -0.1) is 0 Å². The lowest BCUT2D eigenvalue weighted by molar-refractivity contribution is -0.139. The first-order chi connectivity index (χ1) is 16.4. The van der Waals surface area contributed by atoms with Crippen LogP contribution in [0.25, 0.3) is 0 Å². The Bertz CT molecular complexity index is 1010. The van der Waals surface area contributed by atoms with E-state index in [1.807, 2.05) is 0 Å². The zero-order chi connectivity index (χ0) is 26.2. The number of rotatable bonds is 12. The first-order valence-electron chi connectivity index (χ1n) is 11.4. The van der Waals surface area contributed by atoms with Gasteiger partial charge in [-0.05, 0) is 49.5 Å². The van der Waals surface area contributed by atoms with E-state index >= 15 is 0 Å². The lowest BCUT2D eigenvalue weighted by atomic mass is 9.87. The number of benzene rings is 1. The number of aliphatic hydroxyl groups excluding tert-OH is 2. The molecule has 10 nitrogen and oxygen atoms in total. The average molecular weight is 516 g/mol. The Labute approximate surface area is 204 Å². The Kier molecular flexibility index (Phi) is 10.3. The number of carbonyl (C=O) groups is 3. The van der Waals surface area contributed by atoms with E-state index in [1.54, 1.807) is 0 Å². The van der Waals surface area contributed by atoms with E-state index in [2.05, 4.69) is 16.0 Å². The largest absolute Gasteiger partial charge is 0.396 e. The number of hydrogen-bond donors (Lipinski definition) is 5. The molecule has 2 rings (SSSR count). The topological polar surface area (TPSA) is 162 Å². The molecule has 5 N–H and O–H groups in total. The van der Waals surface area contributed by atoms with Gasteiger partial charge in [0.2, 0.25) is 11.7 Å². The Morgan fingerprint density at radius 2 is 1.89 bits per heavy atom. The molecule has 1 fully saturated rings. The predicted molar refractivity (Wildman–Crippen MR) is 126 cm³/mol. The maximum Gasteiger partial charge on any atom is 0.288 e. The lowest BCUT2D eigenvalue weighted by Gasteiger charge is -2.31. The standard InChI is InChI=1S/C23H34FN3O7S/c1-23(2,14-28)19(30)21(32)26-11-8-18(29)20(31)27-22(16-6-9-25-10-7-16)35(33,34)13-15-4-3-5-17(24)12-15/h3-5,12,16,19,22,25,28,30H,6-11,13-14H2,1-2H3,(H,26,32)(H,27,31). The van der Waals surface area contributed by atoms with Gasteiger partial charge in [-0.2, -0.15) is 0 Å². The Balaban J connectivity index is 2.04. The van der Waals surface area contributed by atoms with Crippen LogP contribution >= 0.6 is 0 Å². The number of aliphatic hydroxyl groups is 2. The van der Waals surface area contributed by atoms with Crippen LogP contribution < -0.4 is 16.0 Å². The summed E-state index contributed by atoms with van der Waals surface area (Å²) < 4.78 is 39.9. The monoisotopic (exact) mass is 515 g/mol. The maximum absolute atomic E-state index is 13.5. The van der Waals surface area contributed by atoms with Gasteiger partial charge in [-0.3, -0.25) is 14.4 Å². The summed E-state index contributed by atoms with van der Waals surface area (Å²) in [5.41, 5.74) is -0.861. The van der Waals surface area contributed by atoms with Gasteiger partial charge in [-0.25, -0.2) is 12.8 Å². The number of Topliss-reactive ketones (excluding diaryl/α,β-unsaturated/α-hetero) is 1. The van der Waals surface area contributed by atoms with E-state index < -0.39 is 74.8 Å². The molecule has 2 amide bonds. The molecule has 35 heavy (non-hydrogen) atoms. The number of hydrogen-bond acceptors (Lipinski definition) is 8. The van der Waals surface area contributed by atoms with Crippen molar-refractivity contribution in [1.82, 2.24) is 16.0 Å². The normalized spacial score (nSPS) is 16.8. The summed E-state index contributed by atoms with van der Waals surface area (Å²) in [7, 11) is -3.99. The second-order valence-electron chi connectivity index (χ2n) is 9.43. The first kappa shape index (κ1) is 28.8. The molecule has 0 bridgehead atoms. The van der Waals surface area contributed by atoms with Gasteiger partial charge in [-0.1, -0.05) is 26.0 Å². The zero-order valence-electron chi connectivity index (χ0n) is 19.9. The van der Waals surface area contributed by atoms with Crippen molar-refractivity contribution in [2.45, 2.75) is 50.3 Å². The highest BCUT2D eigenvalue weighted by Gasteiger charge is 2.37. The van der Waals surface area contributed by atoms with Crippen molar-refractivity contribution in [3.8, 4) is 0 Å². The van der Waals surface area contributed by atoms with E-state index in [-0.39, 0.29) is 12.1 Å². The molecule has 0 aliphatic carbocycles. The van der Waals surface area contributed by atoms with Crippen LogP contribution in [-0.2, 0) is 30.0 Å². The summed E-state index contributed by atoms with van der Waals surface area (Å²) >= 11 is 0. The van der Waals surface area contributed by atoms with E-state index in [9.17, 15) is 37.4 Å². The summed E-state index contributed by atoms with van der Waals surface area (Å²) in [6.45, 7) is 3.39. The van der Waals surface area contributed by atoms with Crippen molar-refractivity contribution in [3.63, 3.8) is 0 Å². The van der Waals surface area contributed by atoms with Crippen molar-refractivity contribution < 1.29 is 37.4 Å². The number of halogens is 1. The summed E-state index contributed by atoms with van der Waals surface area (Å²) in [5, 5.41) is 25.7. The molecule has 1 aliphatic heterocycles. The molecule has 2 atom stereocenters. The third-order valence-corrected chi connectivity index (χ3v) is 8.04. The quantitative estimate of drug-likeness (QED) is 0.236. The van der Waals surface area contributed by atoms with Crippen molar-refractivity contribution in [2.75, 3.05) is 26.2 Å². The fourth-order valence-electron chi connectivity index (χ4n) is 3.76. The average Bonchev–Trinajstić information content (AvgIpc) is 2.81.